The molecular formula is C23H34BO3PSi. The summed E-state index contributed by atoms with van der Waals surface area (Å²) in [6, 6.07) is 19.8. The zero-order chi connectivity index (χ0) is 21.5. The van der Waals surface area contributed by atoms with Crippen LogP contribution in [0.2, 0.25) is 25.1 Å². The molecule has 0 saturated carbocycles. The van der Waals surface area contributed by atoms with E-state index in [1.165, 1.54) is 0 Å². The van der Waals surface area contributed by atoms with Gasteiger partial charge < -0.3 is 13.9 Å². The van der Waals surface area contributed by atoms with E-state index < -0.39 is 15.2 Å². The summed E-state index contributed by atoms with van der Waals surface area (Å²) in [6.07, 6.45) is 0.563. The molecule has 1 aliphatic rings. The van der Waals surface area contributed by atoms with E-state index in [0.29, 0.717) is 6.16 Å². The number of hydrogen-bond donors (Lipinski definition) is 0. The summed E-state index contributed by atoms with van der Waals surface area (Å²) < 4.78 is 27.6. The van der Waals surface area contributed by atoms with Crippen LogP contribution in [0, 0.1) is 0 Å². The van der Waals surface area contributed by atoms with Crippen molar-refractivity contribution >= 4 is 32.9 Å². The molecule has 0 bridgehead atoms. The summed E-state index contributed by atoms with van der Waals surface area (Å²) in [7, 11) is -4.95. The Balaban J connectivity index is 2.06. The van der Waals surface area contributed by atoms with Crippen LogP contribution in [0.5, 0.6) is 0 Å². The fourth-order valence-corrected chi connectivity index (χ4v) is 10.5. The van der Waals surface area contributed by atoms with E-state index >= 15 is 0 Å². The van der Waals surface area contributed by atoms with E-state index in [2.05, 4.69) is 47.3 Å². The van der Waals surface area contributed by atoms with Crippen molar-refractivity contribution in [2.24, 2.45) is 0 Å². The summed E-state index contributed by atoms with van der Waals surface area (Å²) in [5.74, 6) is 0. The molecule has 29 heavy (non-hydrogen) atoms. The number of benzene rings is 2. The number of hydrogen-bond acceptors (Lipinski definition) is 3. The maximum Gasteiger partial charge on any atom is 0.458 e. The van der Waals surface area contributed by atoms with Crippen LogP contribution in [-0.4, -0.2) is 32.6 Å². The lowest BCUT2D eigenvalue weighted by molar-refractivity contribution is 0.00578. The Hall–Kier alpha value is -1.13. The van der Waals surface area contributed by atoms with Crippen molar-refractivity contribution in [1.29, 1.82) is 0 Å². The molecule has 0 aromatic heterocycles. The second-order valence-corrected chi connectivity index (χ2v) is 18.5. The molecule has 0 spiro atoms. The van der Waals surface area contributed by atoms with Gasteiger partial charge in [0.1, 0.15) is 7.14 Å². The minimum Gasteiger partial charge on any atom is -0.403 e. The van der Waals surface area contributed by atoms with Crippen molar-refractivity contribution in [2.75, 3.05) is 6.16 Å². The van der Waals surface area contributed by atoms with Crippen molar-refractivity contribution in [3.05, 3.63) is 60.7 Å². The first-order chi connectivity index (χ1) is 13.4. The summed E-state index contributed by atoms with van der Waals surface area (Å²) in [5.41, 5.74) is -0.673. The van der Waals surface area contributed by atoms with Crippen LogP contribution in [-0.2, 0) is 13.9 Å². The highest BCUT2D eigenvalue weighted by Gasteiger charge is 2.57. The molecule has 6 heteroatoms. The summed E-state index contributed by atoms with van der Waals surface area (Å²) in [4.78, 5) is 0. The second-order valence-electron chi connectivity index (χ2n) is 10.2. The Morgan fingerprint density at radius 3 is 1.55 bits per heavy atom. The van der Waals surface area contributed by atoms with E-state index in [-0.39, 0.29) is 23.8 Å². The molecule has 3 nitrogen and oxygen atoms in total. The average Bonchev–Trinajstić information content (AvgIpc) is 2.87. The van der Waals surface area contributed by atoms with Crippen LogP contribution in [0.25, 0.3) is 0 Å². The third-order valence-electron chi connectivity index (χ3n) is 6.51. The predicted molar refractivity (Wildman–Crippen MR) is 128 cm³/mol. The van der Waals surface area contributed by atoms with Gasteiger partial charge in [0.25, 0.3) is 0 Å². The predicted octanol–water partition coefficient (Wildman–Crippen LogP) is 5.34. The first-order valence-electron chi connectivity index (χ1n) is 10.4. The van der Waals surface area contributed by atoms with Gasteiger partial charge in [0.15, 0.2) is 0 Å². The van der Waals surface area contributed by atoms with Crippen LogP contribution >= 0.6 is 7.14 Å². The Bertz CT molecular complexity index is 819. The van der Waals surface area contributed by atoms with Crippen molar-refractivity contribution in [3.63, 3.8) is 0 Å². The number of rotatable bonds is 6. The normalized spacial score (nSPS) is 19.9. The molecule has 0 amide bonds. The molecule has 3 rings (SSSR count). The highest BCUT2D eigenvalue weighted by atomic mass is 31.2. The summed E-state index contributed by atoms with van der Waals surface area (Å²) in [6.45, 7) is 15.3. The van der Waals surface area contributed by atoms with Crippen LogP contribution in [0.4, 0.5) is 0 Å². The Morgan fingerprint density at radius 1 is 0.828 bits per heavy atom. The van der Waals surface area contributed by atoms with Gasteiger partial charge in [-0.1, -0.05) is 80.3 Å². The molecule has 1 fully saturated rings. The lowest BCUT2D eigenvalue weighted by Gasteiger charge is -2.34. The van der Waals surface area contributed by atoms with E-state index in [0.717, 1.165) is 10.6 Å². The monoisotopic (exact) mass is 428 g/mol. The molecule has 0 radical (unpaired) electrons. The van der Waals surface area contributed by atoms with E-state index in [4.69, 9.17) is 9.31 Å². The van der Waals surface area contributed by atoms with Gasteiger partial charge in [-0.25, -0.2) is 0 Å². The van der Waals surface area contributed by atoms with Gasteiger partial charge >= 0.3 is 7.12 Å². The van der Waals surface area contributed by atoms with Gasteiger partial charge in [0, 0.05) is 24.8 Å². The van der Waals surface area contributed by atoms with E-state index in [1.54, 1.807) is 0 Å². The van der Waals surface area contributed by atoms with Gasteiger partial charge in [0.05, 0.1) is 11.2 Å². The second kappa shape index (κ2) is 7.85. The fraction of sp³-hybridized carbons (Fsp3) is 0.478. The lowest BCUT2D eigenvalue weighted by Crippen LogP contribution is -2.44. The van der Waals surface area contributed by atoms with E-state index in [9.17, 15) is 4.57 Å². The molecule has 0 aliphatic carbocycles. The standard InChI is InChI=1S/C23H34BO3PSi/c1-22(2)23(3,4)27-24(26-22)21(29(5,6)7)18-28(25,19-14-10-8-11-15-19)20-16-12-9-13-17-20/h8-17,21H,18H2,1-7H3/t21-/m1/s1. The molecule has 1 atom stereocenters. The minimum atomic E-state index is -2.84. The Morgan fingerprint density at radius 2 is 1.21 bits per heavy atom. The molecule has 1 saturated heterocycles. The lowest BCUT2D eigenvalue weighted by atomic mass is 9.85. The first kappa shape index (κ1) is 22.6. The van der Waals surface area contributed by atoms with Gasteiger partial charge in [-0.05, 0) is 33.1 Å². The molecule has 1 heterocycles. The summed E-state index contributed by atoms with van der Waals surface area (Å²) >= 11 is 0. The maximum absolute atomic E-state index is 14.7. The van der Waals surface area contributed by atoms with Gasteiger partial charge in [-0.3, -0.25) is 0 Å². The largest absolute Gasteiger partial charge is 0.458 e. The van der Waals surface area contributed by atoms with Crippen molar-refractivity contribution in [2.45, 2.75) is 64.0 Å². The average molecular weight is 428 g/mol. The SMILES string of the molecule is CC1(C)OB([C@@H](CP(=O)(c2ccccc2)c2ccccc2)[Si](C)(C)C)OC1(C)C. The van der Waals surface area contributed by atoms with Crippen LogP contribution in [0.15, 0.2) is 60.7 Å². The van der Waals surface area contributed by atoms with Gasteiger partial charge in [0.2, 0.25) is 0 Å². The zero-order valence-corrected chi connectivity index (χ0v) is 20.7. The van der Waals surface area contributed by atoms with Gasteiger partial charge in [-0.15, -0.1) is 0 Å². The molecule has 156 valence electrons. The van der Waals surface area contributed by atoms with Gasteiger partial charge in [-0.2, -0.15) is 0 Å². The molecule has 0 unspecified atom stereocenters. The van der Waals surface area contributed by atoms with Crippen molar-refractivity contribution in [1.82, 2.24) is 0 Å². The smallest absolute Gasteiger partial charge is 0.403 e. The summed E-state index contributed by atoms with van der Waals surface area (Å²) in [5, 5.41) is 1.82. The highest BCUT2D eigenvalue weighted by Crippen LogP contribution is 2.51. The van der Waals surface area contributed by atoms with Crippen LogP contribution in [0.1, 0.15) is 27.7 Å². The minimum absolute atomic E-state index is 0.106. The first-order valence-corrected chi connectivity index (χ1v) is 15.9. The van der Waals surface area contributed by atoms with Crippen molar-refractivity contribution < 1.29 is 13.9 Å². The third-order valence-corrected chi connectivity index (χ3v) is 12.7. The molecular weight excluding hydrogens is 394 g/mol. The quantitative estimate of drug-likeness (QED) is 0.460. The van der Waals surface area contributed by atoms with E-state index in [1.807, 2.05) is 60.7 Å². The van der Waals surface area contributed by atoms with Crippen molar-refractivity contribution in [3.8, 4) is 0 Å². The van der Waals surface area contributed by atoms with Crippen LogP contribution < -0.4 is 10.6 Å². The third kappa shape index (κ3) is 4.49. The molecule has 2 aromatic carbocycles. The highest BCUT2D eigenvalue weighted by molar-refractivity contribution is 7.79. The Labute approximate surface area is 177 Å². The Kier molecular flexibility index (Phi) is 6.10. The zero-order valence-electron chi connectivity index (χ0n) is 18.8. The molecule has 0 N–H and O–H groups in total. The topological polar surface area (TPSA) is 35.5 Å². The molecule has 1 aliphatic heterocycles. The van der Waals surface area contributed by atoms with Crippen LogP contribution in [0.3, 0.4) is 0 Å². The fourth-order valence-electron chi connectivity index (χ4n) is 3.80. The maximum atomic E-state index is 14.7. The molecule has 2 aromatic rings.